The van der Waals surface area contributed by atoms with Gasteiger partial charge in [0.25, 0.3) is 0 Å². The number of aromatic nitrogens is 4. The van der Waals surface area contributed by atoms with Crippen molar-refractivity contribution in [1.82, 2.24) is 25.5 Å². The fourth-order valence-electron chi connectivity index (χ4n) is 2.11. The third-order valence-corrected chi connectivity index (χ3v) is 5.08. The number of imidazole rings is 1. The van der Waals surface area contributed by atoms with Crippen molar-refractivity contribution in [3.05, 3.63) is 29.6 Å². The number of nitrogens with two attached hydrogens (primary N) is 1. The number of aryl methyl sites for hydroxylation is 1. The standard InChI is InChI=1S/C14H16N6OS2/c1-7-3-4-9-10(5-7)18-12(17-9)8(2)16-11(21)6-22-14-20-19-13(15)23-14/h3-5,8H,6H2,1-2H3,(H2,15,19)(H,16,21)(H,17,18). The minimum atomic E-state index is -0.199. The van der Waals surface area contributed by atoms with Crippen molar-refractivity contribution >= 4 is 45.2 Å². The van der Waals surface area contributed by atoms with Gasteiger partial charge >= 0.3 is 0 Å². The van der Waals surface area contributed by atoms with Gasteiger partial charge in [0.05, 0.1) is 22.8 Å². The van der Waals surface area contributed by atoms with Gasteiger partial charge in [0.15, 0.2) is 4.34 Å². The molecule has 0 aliphatic carbocycles. The first-order valence-corrected chi connectivity index (χ1v) is 8.79. The zero-order valence-electron chi connectivity index (χ0n) is 12.7. The minimum absolute atomic E-state index is 0.0899. The number of carbonyl (C=O) groups excluding carboxylic acids is 1. The molecule has 7 nitrogen and oxygen atoms in total. The molecular formula is C14H16N6OS2. The number of nitrogens with one attached hydrogen (secondary N) is 2. The molecule has 3 rings (SSSR count). The zero-order chi connectivity index (χ0) is 16.4. The molecule has 0 fully saturated rings. The van der Waals surface area contributed by atoms with Gasteiger partial charge in [0, 0.05) is 0 Å². The van der Waals surface area contributed by atoms with E-state index in [4.69, 9.17) is 5.73 Å². The lowest BCUT2D eigenvalue weighted by Gasteiger charge is -2.10. The van der Waals surface area contributed by atoms with Gasteiger partial charge in [-0.15, -0.1) is 10.2 Å². The first-order valence-electron chi connectivity index (χ1n) is 6.98. The highest BCUT2D eigenvalue weighted by atomic mass is 32.2. The Bertz CT molecular complexity index is 843. The van der Waals surface area contributed by atoms with Crippen LogP contribution >= 0.6 is 23.1 Å². The molecule has 1 atom stereocenters. The van der Waals surface area contributed by atoms with Crippen molar-refractivity contribution in [2.24, 2.45) is 0 Å². The molecule has 0 saturated heterocycles. The van der Waals surface area contributed by atoms with E-state index in [1.54, 1.807) is 0 Å². The Morgan fingerprint density at radius 2 is 2.30 bits per heavy atom. The number of hydrogen-bond acceptors (Lipinski definition) is 7. The van der Waals surface area contributed by atoms with Gasteiger partial charge in [0.2, 0.25) is 11.0 Å². The molecular weight excluding hydrogens is 332 g/mol. The smallest absolute Gasteiger partial charge is 0.231 e. The maximum atomic E-state index is 12.0. The number of benzene rings is 1. The number of anilines is 1. The topological polar surface area (TPSA) is 110 Å². The van der Waals surface area contributed by atoms with E-state index < -0.39 is 0 Å². The van der Waals surface area contributed by atoms with E-state index in [0.29, 0.717) is 9.47 Å². The molecule has 0 spiro atoms. The van der Waals surface area contributed by atoms with Crippen LogP contribution in [0, 0.1) is 6.92 Å². The number of nitrogens with zero attached hydrogens (tertiary/aromatic N) is 3. The average molecular weight is 348 g/mol. The summed E-state index contributed by atoms with van der Waals surface area (Å²) in [7, 11) is 0. The number of nitrogen functional groups attached to an aromatic ring is 1. The number of aromatic amines is 1. The molecule has 120 valence electrons. The molecule has 1 aromatic carbocycles. The molecule has 23 heavy (non-hydrogen) atoms. The van der Waals surface area contributed by atoms with Crippen LogP contribution in [-0.4, -0.2) is 31.8 Å². The fraction of sp³-hybridized carbons (Fsp3) is 0.286. The van der Waals surface area contributed by atoms with Crippen LogP contribution in [0.1, 0.15) is 24.4 Å². The predicted molar refractivity (Wildman–Crippen MR) is 92.4 cm³/mol. The van der Waals surface area contributed by atoms with Crippen LogP contribution in [0.15, 0.2) is 22.5 Å². The van der Waals surface area contributed by atoms with E-state index in [1.807, 2.05) is 32.0 Å². The Morgan fingerprint density at radius 3 is 3.04 bits per heavy atom. The van der Waals surface area contributed by atoms with Gasteiger partial charge in [-0.2, -0.15) is 0 Å². The highest BCUT2D eigenvalue weighted by molar-refractivity contribution is 8.01. The Labute approximate surface area is 141 Å². The molecule has 0 saturated carbocycles. The van der Waals surface area contributed by atoms with Crippen molar-refractivity contribution in [3.63, 3.8) is 0 Å². The largest absolute Gasteiger partial charge is 0.374 e. The molecule has 2 aromatic heterocycles. The molecule has 1 unspecified atom stereocenters. The van der Waals surface area contributed by atoms with Crippen LogP contribution in [0.3, 0.4) is 0 Å². The van der Waals surface area contributed by atoms with Crippen LogP contribution in [-0.2, 0) is 4.79 Å². The quantitative estimate of drug-likeness (QED) is 0.610. The van der Waals surface area contributed by atoms with Gasteiger partial charge in [0.1, 0.15) is 5.82 Å². The van der Waals surface area contributed by atoms with Crippen LogP contribution in [0.5, 0.6) is 0 Å². The third kappa shape index (κ3) is 3.80. The lowest BCUT2D eigenvalue weighted by molar-refractivity contribution is -0.119. The Balaban J connectivity index is 1.60. The molecule has 0 bridgehead atoms. The summed E-state index contributed by atoms with van der Waals surface area (Å²) in [6, 6.07) is 5.82. The molecule has 0 radical (unpaired) electrons. The van der Waals surface area contributed by atoms with Crippen LogP contribution in [0.2, 0.25) is 0 Å². The van der Waals surface area contributed by atoms with Gasteiger partial charge in [-0.05, 0) is 31.5 Å². The monoisotopic (exact) mass is 348 g/mol. The summed E-state index contributed by atoms with van der Waals surface area (Å²) in [6.45, 7) is 3.93. The Morgan fingerprint density at radius 1 is 1.48 bits per heavy atom. The summed E-state index contributed by atoms with van der Waals surface area (Å²) < 4.78 is 0.685. The van der Waals surface area contributed by atoms with Gasteiger partial charge in [-0.3, -0.25) is 4.79 Å². The summed E-state index contributed by atoms with van der Waals surface area (Å²) >= 11 is 2.59. The van der Waals surface area contributed by atoms with Crippen molar-refractivity contribution in [3.8, 4) is 0 Å². The molecule has 2 heterocycles. The summed E-state index contributed by atoms with van der Waals surface area (Å²) in [6.07, 6.45) is 0. The van der Waals surface area contributed by atoms with Gasteiger partial charge in [-0.25, -0.2) is 4.98 Å². The van der Waals surface area contributed by atoms with Crippen molar-refractivity contribution in [1.29, 1.82) is 0 Å². The number of thioether (sulfide) groups is 1. The maximum absolute atomic E-state index is 12.0. The number of H-pyrrole nitrogens is 1. The van der Waals surface area contributed by atoms with Crippen LogP contribution < -0.4 is 11.1 Å². The molecule has 9 heteroatoms. The van der Waals surface area contributed by atoms with Crippen molar-refractivity contribution < 1.29 is 4.79 Å². The normalized spacial score (nSPS) is 12.4. The van der Waals surface area contributed by atoms with Crippen LogP contribution in [0.25, 0.3) is 11.0 Å². The average Bonchev–Trinajstić information content (AvgIpc) is 3.10. The number of hydrogen-bond donors (Lipinski definition) is 3. The lowest BCUT2D eigenvalue weighted by Crippen LogP contribution is -2.28. The second kappa shape index (κ2) is 6.55. The van der Waals surface area contributed by atoms with E-state index in [2.05, 4.69) is 25.5 Å². The fourth-order valence-corrected chi connectivity index (χ4v) is 3.55. The van der Waals surface area contributed by atoms with Crippen LogP contribution in [0.4, 0.5) is 5.13 Å². The summed E-state index contributed by atoms with van der Waals surface area (Å²) in [5.41, 5.74) is 8.54. The summed E-state index contributed by atoms with van der Waals surface area (Å²) in [5, 5.41) is 10.9. The molecule has 1 amide bonds. The second-order valence-electron chi connectivity index (χ2n) is 5.13. The highest BCUT2D eigenvalue weighted by Gasteiger charge is 2.14. The second-order valence-corrected chi connectivity index (χ2v) is 7.36. The molecule has 0 aliphatic heterocycles. The first kappa shape index (κ1) is 15.8. The van der Waals surface area contributed by atoms with Crippen molar-refractivity contribution in [2.75, 3.05) is 11.5 Å². The third-order valence-electron chi connectivity index (χ3n) is 3.19. The number of carbonyl (C=O) groups is 1. The zero-order valence-corrected chi connectivity index (χ0v) is 14.3. The van der Waals surface area contributed by atoms with E-state index in [9.17, 15) is 4.79 Å². The predicted octanol–water partition coefficient (Wildman–Crippen LogP) is 2.27. The first-order chi connectivity index (χ1) is 11.0. The lowest BCUT2D eigenvalue weighted by atomic mass is 10.2. The van der Waals surface area contributed by atoms with E-state index in [-0.39, 0.29) is 17.7 Å². The van der Waals surface area contributed by atoms with Gasteiger partial charge < -0.3 is 16.0 Å². The van der Waals surface area contributed by atoms with Gasteiger partial charge in [-0.1, -0.05) is 29.2 Å². The van der Waals surface area contributed by atoms with E-state index in [1.165, 1.54) is 23.1 Å². The molecule has 4 N–H and O–H groups in total. The SMILES string of the molecule is Cc1ccc2nc(C(C)NC(=O)CSc3nnc(N)s3)[nH]c2c1. The Hall–Kier alpha value is -2.13. The number of amides is 1. The summed E-state index contributed by atoms with van der Waals surface area (Å²) in [4.78, 5) is 19.8. The molecule has 3 aromatic rings. The number of fused-ring (bicyclic) bond motifs is 1. The van der Waals surface area contributed by atoms with E-state index >= 15 is 0 Å². The van der Waals surface area contributed by atoms with E-state index in [0.717, 1.165) is 22.4 Å². The minimum Gasteiger partial charge on any atom is -0.374 e. The highest BCUT2D eigenvalue weighted by Crippen LogP contribution is 2.23. The maximum Gasteiger partial charge on any atom is 0.231 e. The number of rotatable bonds is 5. The summed E-state index contributed by atoms with van der Waals surface area (Å²) in [5.74, 6) is 0.912. The Kier molecular flexibility index (Phi) is 4.49. The van der Waals surface area contributed by atoms with Crippen molar-refractivity contribution in [2.45, 2.75) is 24.2 Å². The molecule has 0 aliphatic rings.